The zero-order valence-corrected chi connectivity index (χ0v) is 19.0. The first-order valence-corrected chi connectivity index (χ1v) is 11.7. The van der Waals surface area contributed by atoms with Crippen LogP contribution in [0, 0.1) is 35.5 Å². The van der Waals surface area contributed by atoms with Gasteiger partial charge in [0.25, 0.3) is 0 Å². The van der Waals surface area contributed by atoms with Crippen molar-refractivity contribution < 1.29 is 23.9 Å². The Balaban J connectivity index is 1.11. The molecule has 7 atom stereocenters. The number of hydrogen-bond donors (Lipinski definition) is 1. The summed E-state index contributed by atoms with van der Waals surface area (Å²) in [5.74, 6) is 2.05. The molecule has 174 valence electrons. The molecule has 1 N–H and O–H groups in total. The Morgan fingerprint density at radius 2 is 1.38 bits per heavy atom. The number of likely N-dealkylation sites (tertiary alicyclic amines) is 1. The maximum absolute atomic E-state index is 13.2. The van der Waals surface area contributed by atoms with E-state index in [1.165, 1.54) is 4.90 Å². The highest BCUT2D eigenvalue weighted by atomic mass is 16.5. The molecular formula is C27H26N2O5. The number of nitrogens with zero attached hydrogens (tertiary/aromatic N) is 1. The van der Waals surface area contributed by atoms with Gasteiger partial charge in [-0.25, -0.2) is 0 Å². The molecule has 3 amide bonds. The fraction of sp³-hybridized carbons (Fsp3) is 0.370. The van der Waals surface area contributed by atoms with E-state index >= 15 is 0 Å². The highest BCUT2D eigenvalue weighted by Gasteiger charge is 2.67. The normalized spacial score (nSPS) is 31.1. The van der Waals surface area contributed by atoms with Crippen molar-refractivity contribution in [3.8, 4) is 17.2 Å². The number of imide groups is 1. The molecule has 0 spiro atoms. The monoisotopic (exact) mass is 458 g/mol. The smallest absolute Gasteiger partial charge is 0.247 e. The van der Waals surface area contributed by atoms with Gasteiger partial charge < -0.3 is 14.8 Å². The van der Waals surface area contributed by atoms with Crippen molar-refractivity contribution in [2.45, 2.75) is 19.4 Å². The highest BCUT2D eigenvalue weighted by Crippen LogP contribution is 2.65. The third-order valence-electron chi connectivity index (χ3n) is 7.88. The largest absolute Gasteiger partial charge is 0.497 e. The van der Waals surface area contributed by atoms with Gasteiger partial charge in [-0.2, -0.15) is 0 Å². The standard InChI is InChI=1S/C27H26N2O5/c1-14(29-26(31)23-19-11-12-20(22-13-21(19)22)24(23)27(29)32)25(30)28-15-3-5-17(6-4-15)34-18-9-7-16(33-2)8-10-18/h3-12,14,19-24H,13H2,1-2H3,(H,28,30)/t14-,19-,20-,21-,22-,23+,24+/m1/s1. The third-order valence-corrected chi connectivity index (χ3v) is 7.88. The molecule has 5 aliphatic rings. The molecule has 2 aromatic rings. The number of ether oxygens (including phenoxy) is 2. The first kappa shape index (κ1) is 21.0. The van der Waals surface area contributed by atoms with E-state index in [1.807, 2.05) is 24.3 Å². The molecule has 1 saturated heterocycles. The molecule has 7 rings (SSSR count). The summed E-state index contributed by atoms with van der Waals surface area (Å²) in [6.45, 7) is 1.62. The van der Waals surface area contributed by atoms with Gasteiger partial charge in [-0.1, -0.05) is 12.2 Å². The summed E-state index contributed by atoms with van der Waals surface area (Å²) in [6, 6.07) is 13.3. The van der Waals surface area contributed by atoms with Crippen LogP contribution in [0.2, 0.25) is 0 Å². The Labute approximate surface area is 197 Å². The third kappa shape index (κ3) is 3.22. The van der Waals surface area contributed by atoms with E-state index < -0.39 is 6.04 Å². The quantitative estimate of drug-likeness (QED) is 0.525. The predicted molar refractivity (Wildman–Crippen MR) is 124 cm³/mol. The van der Waals surface area contributed by atoms with E-state index in [2.05, 4.69) is 17.5 Å². The molecule has 0 radical (unpaired) electrons. The van der Waals surface area contributed by atoms with Gasteiger partial charge in [0.2, 0.25) is 17.7 Å². The van der Waals surface area contributed by atoms with Crippen molar-refractivity contribution in [3.05, 3.63) is 60.7 Å². The maximum atomic E-state index is 13.2. The van der Waals surface area contributed by atoms with Crippen LogP contribution in [0.5, 0.6) is 17.2 Å². The topological polar surface area (TPSA) is 84.9 Å². The molecule has 7 heteroatoms. The molecule has 1 heterocycles. The molecule has 2 aromatic carbocycles. The van der Waals surface area contributed by atoms with E-state index in [9.17, 15) is 14.4 Å². The number of rotatable bonds is 6. The number of anilines is 1. The van der Waals surface area contributed by atoms with Crippen LogP contribution in [0.15, 0.2) is 60.7 Å². The Kier molecular flexibility index (Phi) is 4.76. The lowest BCUT2D eigenvalue weighted by Gasteiger charge is -2.37. The molecule has 0 aromatic heterocycles. The Bertz CT molecular complexity index is 1150. The van der Waals surface area contributed by atoms with Gasteiger partial charge in [0.15, 0.2) is 0 Å². The van der Waals surface area contributed by atoms with Crippen LogP contribution in [0.1, 0.15) is 13.3 Å². The van der Waals surface area contributed by atoms with Gasteiger partial charge in [-0.15, -0.1) is 0 Å². The molecular weight excluding hydrogens is 432 g/mol. The Morgan fingerprint density at radius 3 is 1.91 bits per heavy atom. The van der Waals surface area contributed by atoms with Gasteiger partial charge in [-0.05, 0) is 85.5 Å². The number of methoxy groups -OCH3 is 1. The number of carbonyl (C=O) groups excluding carboxylic acids is 3. The van der Waals surface area contributed by atoms with Crippen molar-refractivity contribution in [3.63, 3.8) is 0 Å². The summed E-state index contributed by atoms with van der Waals surface area (Å²) in [7, 11) is 1.61. The number of carbonyl (C=O) groups is 3. The minimum atomic E-state index is -0.864. The number of hydrogen-bond acceptors (Lipinski definition) is 5. The minimum absolute atomic E-state index is 0.148. The van der Waals surface area contributed by atoms with Crippen molar-refractivity contribution in [1.29, 1.82) is 0 Å². The zero-order chi connectivity index (χ0) is 23.6. The van der Waals surface area contributed by atoms with Crippen LogP contribution in [0.25, 0.3) is 0 Å². The Hall–Kier alpha value is -3.61. The van der Waals surface area contributed by atoms with Gasteiger partial charge in [0, 0.05) is 5.69 Å². The number of benzene rings is 2. The molecule has 7 nitrogen and oxygen atoms in total. The summed E-state index contributed by atoms with van der Waals surface area (Å²) in [4.78, 5) is 40.6. The molecule has 2 saturated carbocycles. The van der Waals surface area contributed by atoms with Crippen molar-refractivity contribution in [2.24, 2.45) is 35.5 Å². The average molecular weight is 459 g/mol. The lowest BCUT2D eigenvalue weighted by molar-refractivity contribution is -0.146. The van der Waals surface area contributed by atoms with Crippen LogP contribution in [-0.2, 0) is 14.4 Å². The molecule has 1 aliphatic heterocycles. The van der Waals surface area contributed by atoms with Crippen LogP contribution < -0.4 is 14.8 Å². The summed E-state index contributed by atoms with van der Waals surface area (Å²) in [5.41, 5.74) is 0.568. The van der Waals surface area contributed by atoms with Crippen molar-refractivity contribution in [2.75, 3.05) is 12.4 Å². The summed E-state index contributed by atoms with van der Waals surface area (Å²) >= 11 is 0. The van der Waals surface area contributed by atoms with E-state index in [0.29, 0.717) is 29.0 Å². The highest BCUT2D eigenvalue weighted by molar-refractivity contribution is 6.10. The minimum Gasteiger partial charge on any atom is -0.497 e. The predicted octanol–water partition coefficient (Wildman–Crippen LogP) is 3.87. The zero-order valence-electron chi connectivity index (χ0n) is 19.0. The fourth-order valence-electron chi connectivity index (χ4n) is 6.11. The number of nitrogens with one attached hydrogen (secondary N) is 1. The van der Waals surface area contributed by atoms with Crippen LogP contribution >= 0.6 is 0 Å². The second kappa shape index (κ2) is 7.72. The molecule has 4 aliphatic carbocycles. The average Bonchev–Trinajstić information content (AvgIpc) is 3.63. The van der Waals surface area contributed by atoms with Crippen molar-refractivity contribution >= 4 is 23.4 Å². The summed E-state index contributed by atoms with van der Waals surface area (Å²) in [5, 5.41) is 2.83. The van der Waals surface area contributed by atoms with Crippen LogP contribution in [0.4, 0.5) is 5.69 Å². The Morgan fingerprint density at radius 1 is 0.882 bits per heavy atom. The van der Waals surface area contributed by atoms with Crippen LogP contribution in [-0.4, -0.2) is 35.8 Å². The van der Waals surface area contributed by atoms with Crippen molar-refractivity contribution in [1.82, 2.24) is 4.90 Å². The van der Waals surface area contributed by atoms with Gasteiger partial charge in [0.05, 0.1) is 18.9 Å². The van der Waals surface area contributed by atoms with Gasteiger partial charge in [0.1, 0.15) is 23.3 Å². The van der Waals surface area contributed by atoms with E-state index in [1.54, 1.807) is 38.3 Å². The second-order valence-corrected chi connectivity index (χ2v) is 9.67. The van der Waals surface area contributed by atoms with Gasteiger partial charge >= 0.3 is 0 Å². The summed E-state index contributed by atoms with van der Waals surface area (Å²) in [6.07, 6.45) is 5.38. The summed E-state index contributed by atoms with van der Waals surface area (Å²) < 4.78 is 11.0. The fourth-order valence-corrected chi connectivity index (χ4v) is 6.11. The van der Waals surface area contributed by atoms with Crippen LogP contribution in [0.3, 0.4) is 0 Å². The molecule has 2 bridgehead atoms. The first-order chi connectivity index (χ1) is 16.5. The molecule has 0 unspecified atom stereocenters. The van der Waals surface area contributed by atoms with E-state index in [4.69, 9.17) is 9.47 Å². The van der Waals surface area contributed by atoms with E-state index in [-0.39, 0.29) is 41.4 Å². The first-order valence-electron chi connectivity index (χ1n) is 11.7. The lowest BCUT2D eigenvalue weighted by atomic mass is 9.63. The lowest BCUT2D eigenvalue weighted by Crippen LogP contribution is -2.46. The molecule has 34 heavy (non-hydrogen) atoms. The molecule has 3 fully saturated rings. The maximum Gasteiger partial charge on any atom is 0.247 e. The van der Waals surface area contributed by atoms with E-state index in [0.717, 1.165) is 12.2 Å². The second-order valence-electron chi connectivity index (χ2n) is 9.67. The van der Waals surface area contributed by atoms with Gasteiger partial charge in [-0.3, -0.25) is 19.3 Å². The SMILES string of the molecule is COc1ccc(Oc2ccc(NC(=O)[C@@H](C)N3C(=O)[C@H]4[C@@H]5C=C[C@H]([C@H]6C[C@H]56)[C@@H]4C3=O)cc2)cc1. The number of allylic oxidation sites excluding steroid dienone is 2. The number of amides is 3.